The molecule has 192 valence electrons. The summed E-state index contributed by atoms with van der Waals surface area (Å²) in [4.78, 5) is 25.3. The maximum atomic E-state index is 13.7. The zero-order valence-corrected chi connectivity index (χ0v) is 21.3. The van der Waals surface area contributed by atoms with E-state index in [4.69, 9.17) is 13.9 Å². The zero-order chi connectivity index (χ0) is 25.2. The molecule has 36 heavy (non-hydrogen) atoms. The predicted octanol–water partition coefficient (Wildman–Crippen LogP) is 7.47. The first-order chi connectivity index (χ1) is 17.5. The lowest BCUT2D eigenvalue weighted by Gasteiger charge is -2.25. The van der Waals surface area contributed by atoms with Crippen molar-refractivity contribution in [2.75, 3.05) is 0 Å². The van der Waals surface area contributed by atoms with E-state index in [1.165, 1.54) is 37.8 Å². The molecule has 0 aliphatic heterocycles. The molecule has 0 radical (unpaired) electrons. The fraction of sp³-hybridized carbons (Fsp3) is 0.533. The molecule has 0 saturated heterocycles. The average Bonchev–Trinajstić information content (AvgIpc) is 3.60. The maximum absolute atomic E-state index is 13.7. The van der Waals surface area contributed by atoms with Crippen LogP contribution in [0.5, 0.6) is 0 Å². The number of hydrogen-bond acceptors (Lipinski definition) is 5. The van der Waals surface area contributed by atoms with Crippen LogP contribution in [-0.2, 0) is 9.47 Å². The SMILES string of the molecule is CCC(OC1CCCC1)c1cc(C(CC)OC2CCCC2)c2oc3ccc(C(=O)O)cc3c(=O)c2c1. The third kappa shape index (κ3) is 4.94. The summed E-state index contributed by atoms with van der Waals surface area (Å²) in [5.74, 6) is -1.07. The Bertz CT molecular complexity index is 1300. The highest BCUT2D eigenvalue weighted by Gasteiger charge is 2.27. The second kappa shape index (κ2) is 10.7. The van der Waals surface area contributed by atoms with Crippen LogP contribution in [-0.4, -0.2) is 23.3 Å². The summed E-state index contributed by atoms with van der Waals surface area (Å²) >= 11 is 0. The molecule has 1 aromatic heterocycles. The van der Waals surface area contributed by atoms with Crippen LogP contribution in [0.1, 0.15) is 112 Å². The van der Waals surface area contributed by atoms with Gasteiger partial charge >= 0.3 is 5.97 Å². The molecule has 2 fully saturated rings. The lowest BCUT2D eigenvalue weighted by Crippen LogP contribution is -2.17. The number of rotatable bonds is 9. The monoisotopic (exact) mass is 492 g/mol. The smallest absolute Gasteiger partial charge is 0.335 e. The van der Waals surface area contributed by atoms with E-state index in [1.54, 1.807) is 6.07 Å². The van der Waals surface area contributed by atoms with E-state index in [2.05, 4.69) is 19.9 Å². The first-order valence-corrected chi connectivity index (χ1v) is 13.6. The molecular weight excluding hydrogens is 456 g/mol. The van der Waals surface area contributed by atoms with Crippen LogP contribution >= 0.6 is 0 Å². The second-order valence-electron chi connectivity index (χ2n) is 10.3. The fourth-order valence-electron chi connectivity index (χ4n) is 5.88. The Hall–Kier alpha value is -2.70. The van der Waals surface area contributed by atoms with Crippen molar-refractivity contribution in [2.24, 2.45) is 0 Å². The molecule has 0 spiro atoms. The number of aromatic carboxylic acids is 1. The van der Waals surface area contributed by atoms with E-state index in [1.807, 2.05) is 6.07 Å². The van der Waals surface area contributed by atoms with Crippen molar-refractivity contribution in [2.45, 2.75) is 102 Å². The molecule has 6 nitrogen and oxygen atoms in total. The number of hydrogen-bond donors (Lipinski definition) is 1. The number of ether oxygens (including phenoxy) is 2. The van der Waals surface area contributed by atoms with Gasteiger partial charge in [0.2, 0.25) is 5.43 Å². The molecular formula is C30H36O6. The standard InChI is InChI=1S/C30H36O6/c1-3-25(34-20-9-5-6-10-20)19-16-23(26(4-2)35-21-11-7-8-12-21)29-24(17-19)28(31)22-15-18(30(32)33)13-14-27(22)36-29/h13-17,20-21,25-26H,3-12H2,1-2H3,(H,32,33). The molecule has 6 heteroatoms. The van der Waals surface area contributed by atoms with Crippen molar-refractivity contribution in [1.29, 1.82) is 0 Å². The Morgan fingerprint density at radius 1 is 0.917 bits per heavy atom. The van der Waals surface area contributed by atoms with Gasteiger partial charge in [-0.3, -0.25) is 4.79 Å². The van der Waals surface area contributed by atoms with Gasteiger partial charge in [0.1, 0.15) is 11.2 Å². The van der Waals surface area contributed by atoms with Crippen molar-refractivity contribution in [3.63, 3.8) is 0 Å². The summed E-state index contributed by atoms with van der Waals surface area (Å²) in [6.07, 6.45) is 10.7. The van der Waals surface area contributed by atoms with Crippen molar-refractivity contribution < 1.29 is 23.8 Å². The van der Waals surface area contributed by atoms with E-state index in [9.17, 15) is 14.7 Å². The van der Waals surface area contributed by atoms with Gasteiger partial charge in [-0.2, -0.15) is 0 Å². The fourth-order valence-corrected chi connectivity index (χ4v) is 5.88. The summed E-state index contributed by atoms with van der Waals surface area (Å²) in [6, 6.07) is 8.47. The minimum Gasteiger partial charge on any atom is -0.478 e. The number of benzene rings is 2. The third-order valence-electron chi connectivity index (χ3n) is 7.85. The first-order valence-electron chi connectivity index (χ1n) is 13.6. The molecule has 2 aliphatic rings. The average molecular weight is 493 g/mol. The normalized spacial score (nSPS) is 18.8. The summed E-state index contributed by atoms with van der Waals surface area (Å²) in [5.41, 5.74) is 2.60. The van der Waals surface area contributed by atoms with Gasteiger partial charge in [-0.05, 0) is 74.4 Å². The largest absolute Gasteiger partial charge is 0.478 e. The van der Waals surface area contributed by atoms with Crippen LogP contribution in [0.2, 0.25) is 0 Å². The highest BCUT2D eigenvalue weighted by atomic mass is 16.5. The molecule has 3 aromatic rings. The molecule has 2 saturated carbocycles. The number of carboxylic acid groups (broad SMARTS) is 1. The Labute approximate surface area is 211 Å². The molecule has 1 N–H and O–H groups in total. The van der Waals surface area contributed by atoms with E-state index in [0.29, 0.717) is 16.6 Å². The summed E-state index contributed by atoms with van der Waals surface area (Å²) in [6.45, 7) is 4.21. The molecule has 2 unspecified atom stereocenters. The van der Waals surface area contributed by atoms with Crippen LogP contribution in [0.3, 0.4) is 0 Å². The molecule has 2 aromatic carbocycles. The quantitative estimate of drug-likeness (QED) is 0.312. The highest BCUT2D eigenvalue weighted by molar-refractivity contribution is 5.96. The second-order valence-corrected chi connectivity index (χ2v) is 10.3. The van der Waals surface area contributed by atoms with Crippen LogP contribution in [0.15, 0.2) is 39.5 Å². The highest BCUT2D eigenvalue weighted by Crippen LogP contribution is 2.38. The Kier molecular flexibility index (Phi) is 7.44. The third-order valence-corrected chi connectivity index (χ3v) is 7.85. The van der Waals surface area contributed by atoms with Gasteiger partial charge < -0.3 is 19.0 Å². The molecule has 1 heterocycles. The molecule has 5 rings (SSSR count). The zero-order valence-electron chi connectivity index (χ0n) is 21.3. The number of carbonyl (C=O) groups is 1. The van der Waals surface area contributed by atoms with Crippen molar-refractivity contribution in [3.05, 3.63) is 57.2 Å². The molecule has 0 bridgehead atoms. The van der Waals surface area contributed by atoms with Crippen LogP contribution in [0, 0.1) is 0 Å². The van der Waals surface area contributed by atoms with Gasteiger partial charge in [0.25, 0.3) is 0 Å². The minimum atomic E-state index is -1.07. The van der Waals surface area contributed by atoms with Gasteiger partial charge in [0.05, 0.1) is 40.8 Å². The van der Waals surface area contributed by atoms with Gasteiger partial charge in [-0.15, -0.1) is 0 Å². The van der Waals surface area contributed by atoms with Crippen molar-refractivity contribution in [1.82, 2.24) is 0 Å². The summed E-state index contributed by atoms with van der Waals surface area (Å²) < 4.78 is 19.4. The number of fused-ring (bicyclic) bond motifs is 2. The topological polar surface area (TPSA) is 86.0 Å². The van der Waals surface area contributed by atoms with Crippen LogP contribution in [0.4, 0.5) is 0 Å². The van der Waals surface area contributed by atoms with Crippen molar-refractivity contribution in [3.8, 4) is 0 Å². The van der Waals surface area contributed by atoms with Gasteiger partial charge in [-0.25, -0.2) is 4.79 Å². The van der Waals surface area contributed by atoms with E-state index in [0.717, 1.165) is 49.7 Å². The molecule has 2 aliphatic carbocycles. The van der Waals surface area contributed by atoms with Crippen LogP contribution < -0.4 is 5.43 Å². The minimum absolute atomic E-state index is 0.0672. The van der Waals surface area contributed by atoms with Crippen molar-refractivity contribution >= 4 is 27.9 Å². The predicted molar refractivity (Wildman–Crippen MR) is 140 cm³/mol. The van der Waals surface area contributed by atoms with E-state index < -0.39 is 5.97 Å². The summed E-state index contributed by atoms with van der Waals surface area (Å²) in [7, 11) is 0. The first kappa shape index (κ1) is 25.0. The Balaban J connectivity index is 1.68. The van der Waals surface area contributed by atoms with Gasteiger partial charge in [0.15, 0.2) is 0 Å². The molecule has 2 atom stereocenters. The molecule has 0 amide bonds. The van der Waals surface area contributed by atoms with Gasteiger partial charge in [0, 0.05) is 5.56 Å². The summed E-state index contributed by atoms with van der Waals surface area (Å²) in [5, 5.41) is 10.2. The lowest BCUT2D eigenvalue weighted by atomic mass is 9.95. The van der Waals surface area contributed by atoms with Crippen LogP contribution in [0.25, 0.3) is 21.9 Å². The van der Waals surface area contributed by atoms with Gasteiger partial charge in [-0.1, -0.05) is 39.5 Å². The van der Waals surface area contributed by atoms with E-state index in [-0.39, 0.29) is 40.8 Å². The van der Waals surface area contributed by atoms with E-state index >= 15 is 0 Å². The Morgan fingerprint density at radius 2 is 1.53 bits per heavy atom. The Morgan fingerprint density at radius 3 is 2.11 bits per heavy atom. The number of carboxylic acids is 1. The lowest BCUT2D eigenvalue weighted by molar-refractivity contribution is -0.0146. The maximum Gasteiger partial charge on any atom is 0.335 e.